The Hall–Kier alpha value is -1.14. The van der Waals surface area contributed by atoms with E-state index in [0.717, 1.165) is 11.3 Å². The zero-order valence-electron chi connectivity index (χ0n) is 10.0. The van der Waals surface area contributed by atoms with E-state index in [9.17, 15) is 8.42 Å². The maximum atomic E-state index is 12.3. The van der Waals surface area contributed by atoms with Gasteiger partial charge >= 0.3 is 0 Å². The van der Waals surface area contributed by atoms with Crippen molar-refractivity contribution in [3.63, 3.8) is 0 Å². The van der Waals surface area contributed by atoms with Crippen LogP contribution in [0.4, 0.5) is 5.69 Å². The van der Waals surface area contributed by atoms with Crippen molar-refractivity contribution in [1.29, 1.82) is 5.26 Å². The van der Waals surface area contributed by atoms with Gasteiger partial charge in [0.1, 0.15) is 6.07 Å². The van der Waals surface area contributed by atoms with E-state index in [1.54, 1.807) is 13.0 Å². The largest absolute Gasteiger partial charge is 0.278 e. The van der Waals surface area contributed by atoms with Gasteiger partial charge in [-0.05, 0) is 25.1 Å². The lowest BCUT2D eigenvalue weighted by Gasteiger charge is -2.08. The maximum Gasteiger partial charge on any atom is 0.273 e. The fourth-order valence-electron chi connectivity index (χ4n) is 1.49. The fourth-order valence-corrected chi connectivity index (χ4v) is 4.67. The van der Waals surface area contributed by atoms with Crippen molar-refractivity contribution < 1.29 is 8.42 Å². The fraction of sp³-hybridized carbons (Fsp3) is 0.0909. The zero-order valence-corrected chi connectivity index (χ0v) is 14.0. The average molecular weight is 393 g/mol. The van der Waals surface area contributed by atoms with Gasteiger partial charge in [0.2, 0.25) is 0 Å². The summed E-state index contributed by atoms with van der Waals surface area (Å²) in [5.41, 5.74) is 0.749. The van der Waals surface area contributed by atoms with Crippen LogP contribution < -0.4 is 4.72 Å². The molecule has 104 valence electrons. The standard InChI is InChI=1S/C11H7BrClN3O2S2/c1-6-10(19-11(13)15-6)20(17,18)16-9-3-2-8(12)4-7(9)5-14/h2-4,16H,1H3. The molecule has 1 N–H and O–H groups in total. The van der Waals surface area contributed by atoms with E-state index in [2.05, 4.69) is 25.6 Å². The van der Waals surface area contributed by atoms with E-state index in [4.69, 9.17) is 16.9 Å². The molecule has 0 saturated heterocycles. The number of thiazole rings is 1. The maximum absolute atomic E-state index is 12.3. The minimum Gasteiger partial charge on any atom is -0.278 e. The number of aromatic nitrogens is 1. The molecule has 0 atom stereocenters. The first-order chi connectivity index (χ1) is 9.33. The number of anilines is 1. The third kappa shape index (κ3) is 3.12. The molecular weight excluding hydrogens is 386 g/mol. The highest BCUT2D eigenvalue weighted by atomic mass is 79.9. The van der Waals surface area contributed by atoms with Gasteiger partial charge in [0.15, 0.2) is 8.68 Å². The summed E-state index contributed by atoms with van der Waals surface area (Å²) in [6.07, 6.45) is 0. The Morgan fingerprint density at radius 1 is 1.50 bits per heavy atom. The second-order valence-electron chi connectivity index (χ2n) is 3.75. The van der Waals surface area contributed by atoms with Crippen molar-refractivity contribution in [3.05, 3.63) is 38.4 Å². The van der Waals surface area contributed by atoms with Crippen LogP contribution in [0.3, 0.4) is 0 Å². The third-order valence-electron chi connectivity index (χ3n) is 2.32. The number of nitriles is 1. The molecule has 0 unspecified atom stereocenters. The average Bonchev–Trinajstić information content (AvgIpc) is 2.71. The number of nitrogens with zero attached hydrogens (tertiary/aromatic N) is 2. The third-order valence-corrected chi connectivity index (χ3v) is 6.05. The van der Waals surface area contributed by atoms with Crippen molar-refractivity contribution >= 4 is 54.6 Å². The van der Waals surface area contributed by atoms with Crippen LogP contribution in [0, 0.1) is 18.3 Å². The van der Waals surface area contributed by atoms with Crippen LogP contribution in [-0.4, -0.2) is 13.4 Å². The predicted molar refractivity (Wildman–Crippen MR) is 81.5 cm³/mol. The van der Waals surface area contributed by atoms with Crippen LogP contribution >= 0.6 is 38.9 Å². The second kappa shape index (κ2) is 5.69. The summed E-state index contributed by atoms with van der Waals surface area (Å²) in [5.74, 6) is 0. The normalized spacial score (nSPS) is 11.1. The van der Waals surface area contributed by atoms with Crippen molar-refractivity contribution in [1.82, 2.24) is 4.98 Å². The molecule has 9 heteroatoms. The molecule has 1 aromatic carbocycles. The number of aryl methyl sites for hydroxylation is 1. The van der Waals surface area contributed by atoms with E-state index >= 15 is 0 Å². The lowest BCUT2D eigenvalue weighted by molar-refractivity contribution is 0.602. The first kappa shape index (κ1) is 15.3. The minimum absolute atomic E-state index is 0.0364. The van der Waals surface area contributed by atoms with Gasteiger partial charge in [-0.15, -0.1) is 0 Å². The van der Waals surface area contributed by atoms with E-state index in [1.807, 2.05) is 6.07 Å². The second-order valence-corrected chi connectivity index (χ2v) is 8.12. The van der Waals surface area contributed by atoms with Crippen molar-refractivity contribution in [2.75, 3.05) is 4.72 Å². The van der Waals surface area contributed by atoms with Crippen LogP contribution in [0.5, 0.6) is 0 Å². The van der Waals surface area contributed by atoms with Crippen LogP contribution in [0.2, 0.25) is 4.47 Å². The highest BCUT2D eigenvalue weighted by Crippen LogP contribution is 2.29. The molecule has 0 aliphatic heterocycles. The van der Waals surface area contributed by atoms with Crippen LogP contribution in [0.25, 0.3) is 0 Å². The van der Waals surface area contributed by atoms with Gasteiger partial charge < -0.3 is 0 Å². The SMILES string of the molecule is Cc1nc(Cl)sc1S(=O)(=O)Nc1ccc(Br)cc1C#N. The Morgan fingerprint density at radius 2 is 2.20 bits per heavy atom. The number of benzene rings is 1. The van der Waals surface area contributed by atoms with Gasteiger partial charge in [0.25, 0.3) is 10.0 Å². The van der Waals surface area contributed by atoms with Crippen LogP contribution in [0.15, 0.2) is 26.9 Å². The number of sulfonamides is 1. The van der Waals surface area contributed by atoms with Gasteiger partial charge in [-0.25, -0.2) is 13.4 Å². The molecule has 2 aromatic rings. The number of halogens is 2. The lowest BCUT2D eigenvalue weighted by atomic mass is 10.2. The molecular formula is C11H7BrClN3O2S2. The number of nitrogens with one attached hydrogen (secondary N) is 1. The lowest BCUT2D eigenvalue weighted by Crippen LogP contribution is -2.13. The molecule has 0 amide bonds. The molecule has 0 aliphatic rings. The zero-order chi connectivity index (χ0) is 14.9. The molecule has 1 heterocycles. The summed E-state index contributed by atoms with van der Waals surface area (Å²) in [6.45, 7) is 1.56. The van der Waals surface area contributed by atoms with Crippen molar-refractivity contribution in [3.8, 4) is 6.07 Å². The molecule has 0 fully saturated rings. The molecule has 0 bridgehead atoms. The van der Waals surface area contributed by atoms with Gasteiger partial charge in [0.05, 0.1) is 16.9 Å². The smallest absolute Gasteiger partial charge is 0.273 e. The molecule has 1 aromatic heterocycles. The molecule has 2 rings (SSSR count). The number of hydrogen-bond acceptors (Lipinski definition) is 5. The Kier molecular flexibility index (Phi) is 4.34. The molecule has 20 heavy (non-hydrogen) atoms. The van der Waals surface area contributed by atoms with E-state index < -0.39 is 10.0 Å². The molecule has 0 spiro atoms. The Balaban J connectivity index is 2.44. The monoisotopic (exact) mass is 391 g/mol. The topological polar surface area (TPSA) is 82.8 Å². The van der Waals surface area contributed by atoms with E-state index in [-0.39, 0.29) is 19.9 Å². The summed E-state index contributed by atoms with van der Waals surface area (Å²) in [7, 11) is -3.81. The Labute approximate surface area is 133 Å². The summed E-state index contributed by atoms with van der Waals surface area (Å²) in [4.78, 5) is 3.87. The molecule has 5 nitrogen and oxygen atoms in total. The predicted octanol–water partition coefficient (Wildman–Crippen LogP) is 3.54. The van der Waals surface area contributed by atoms with E-state index in [0.29, 0.717) is 10.2 Å². The van der Waals surface area contributed by atoms with Crippen LogP contribution in [-0.2, 0) is 10.0 Å². The van der Waals surface area contributed by atoms with Gasteiger partial charge in [0, 0.05) is 4.47 Å². The summed E-state index contributed by atoms with van der Waals surface area (Å²) in [5, 5.41) is 9.03. The van der Waals surface area contributed by atoms with E-state index in [1.165, 1.54) is 12.1 Å². The summed E-state index contributed by atoms with van der Waals surface area (Å²) >= 11 is 9.80. The van der Waals surface area contributed by atoms with Crippen LogP contribution in [0.1, 0.15) is 11.3 Å². The number of hydrogen-bond donors (Lipinski definition) is 1. The van der Waals surface area contributed by atoms with Gasteiger partial charge in [-0.3, -0.25) is 4.72 Å². The highest BCUT2D eigenvalue weighted by Gasteiger charge is 2.22. The van der Waals surface area contributed by atoms with Gasteiger partial charge in [-0.2, -0.15) is 5.26 Å². The quantitative estimate of drug-likeness (QED) is 0.866. The minimum atomic E-state index is -3.81. The summed E-state index contributed by atoms with van der Waals surface area (Å²) in [6, 6.07) is 6.62. The molecule has 0 saturated carbocycles. The first-order valence-electron chi connectivity index (χ1n) is 5.19. The Morgan fingerprint density at radius 3 is 2.75 bits per heavy atom. The van der Waals surface area contributed by atoms with Crippen molar-refractivity contribution in [2.45, 2.75) is 11.1 Å². The number of rotatable bonds is 3. The van der Waals surface area contributed by atoms with Gasteiger partial charge in [-0.1, -0.05) is 38.9 Å². The van der Waals surface area contributed by atoms with Crippen molar-refractivity contribution in [2.24, 2.45) is 0 Å². The Bertz CT molecular complexity index is 812. The molecule has 0 aliphatic carbocycles. The molecule has 0 radical (unpaired) electrons. The first-order valence-corrected chi connectivity index (χ1v) is 8.66. The summed E-state index contributed by atoms with van der Waals surface area (Å²) < 4.78 is 27.8. The highest BCUT2D eigenvalue weighted by molar-refractivity contribution is 9.10.